The Kier molecular flexibility index (Phi) is 6.15. The highest BCUT2D eigenvalue weighted by Crippen LogP contribution is 2.29. The summed E-state index contributed by atoms with van der Waals surface area (Å²) in [4.78, 5) is 16.9. The van der Waals surface area contributed by atoms with Crippen molar-refractivity contribution in [2.75, 3.05) is 32.7 Å². The number of carbonyl (C=O) groups excluding carboxylic acids is 1. The lowest BCUT2D eigenvalue weighted by Gasteiger charge is -2.28. The van der Waals surface area contributed by atoms with Crippen molar-refractivity contribution in [2.24, 2.45) is 5.92 Å². The predicted octanol–water partition coefficient (Wildman–Crippen LogP) is 2.90. The van der Waals surface area contributed by atoms with Crippen LogP contribution in [0.2, 0.25) is 0 Å². The van der Waals surface area contributed by atoms with Crippen LogP contribution in [0.5, 0.6) is 0 Å². The summed E-state index contributed by atoms with van der Waals surface area (Å²) < 4.78 is 0. The molecule has 2 aliphatic rings. The highest BCUT2D eigenvalue weighted by molar-refractivity contribution is 5.78. The largest absolute Gasteiger partial charge is 0.342 e. The first-order valence-electron chi connectivity index (χ1n) is 8.29. The molecule has 2 fully saturated rings. The van der Waals surface area contributed by atoms with E-state index in [0.717, 1.165) is 38.5 Å². The summed E-state index contributed by atoms with van der Waals surface area (Å²) in [5.74, 6) is 1.25. The van der Waals surface area contributed by atoms with Crippen molar-refractivity contribution in [3.05, 3.63) is 0 Å². The van der Waals surface area contributed by atoms with E-state index in [1.165, 1.54) is 44.9 Å². The topological polar surface area (TPSA) is 23.6 Å². The van der Waals surface area contributed by atoms with Gasteiger partial charge >= 0.3 is 0 Å². The van der Waals surface area contributed by atoms with Crippen LogP contribution in [0, 0.1) is 5.92 Å². The molecule has 3 heteroatoms. The van der Waals surface area contributed by atoms with Crippen LogP contribution in [-0.2, 0) is 4.79 Å². The molecule has 1 heterocycles. The summed E-state index contributed by atoms with van der Waals surface area (Å²) in [5, 5.41) is 0. The third kappa shape index (κ3) is 5.52. The third-order valence-corrected chi connectivity index (χ3v) is 4.32. The van der Waals surface area contributed by atoms with Crippen LogP contribution in [0.1, 0.15) is 58.3 Å². The minimum atomic E-state index is 0.371. The Labute approximate surface area is 118 Å². The summed E-state index contributed by atoms with van der Waals surface area (Å²) in [7, 11) is 0. The maximum atomic E-state index is 12.4. The molecule has 1 amide bonds. The van der Waals surface area contributed by atoms with Crippen LogP contribution in [0.4, 0.5) is 0 Å². The zero-order valence-electron chi connectivity index (χ0n) is 12.6. The maximum Gasteiger partial charge on any atom is 0.236 e. The van der Waals surface area contributed by atoms with Crippen molar-refractivity contribution >= 4 is 5.91 Å². The Balaban J connectivity index is 1.78. The van der Waals surface area contributed by atoms with Crippen molar-refractivity contribution in [3.63, 3.8) is 0 Å². The fourth-order valence-electron chi connectivity index (χ4n) is 3.00. The monoisotopic (exact) mass is 266 g/mol. The van der Waals surface area contributed by atoms with Crippen LogP contribution in [0.15, 0.2) is 0 Å². The summed E-state index contributed by atoms with van der Waals surface area (Å²) in [6.07, 6.45) is 10.2. The van der Waals surface area contributed by atoms with Gasteiger partial charge in [0.05, 0.1) is 6.54 Å². The molecule has 0 aromatic carbocycles. The van der Waals surface area contributed by atoms with Crippen molar-refractivity contribution in [1.82, 2.24) is 9.80 Å². The highest BCUT2D eigenvalue weighted by atomic mass is 16.2. The molecule has 0 aromatic heterocycles. The molecular formula is C16H30N2O. The fourth-order valence-corrected chi connectivity index (χ4v) is 3.00. The molecule has 0 aromatic rings. The van der Waals surface area contributed by atoms with Gasteiger partial charge in [-0.2, -0.15) is 0 Å². The zero-order valence-corrected chi connectivity index (χ0v) is 12.6. The van der Waals surface area contributed by atoms with E-state index in [4.69, 9.17) is 0 Å². The van der Waals surface area contributed by atoms with Crippen LogP contribution >= 0.6 is 0 Å². The summed E-state index contributed by atoms with van der Waals surface area (Å²) in [6.45, 7) is 7.07. The highest BCUT2D eigenvalue weighted by Gasteiger charge is 2.26. The lowest BCUT2D eigenvalue weighted by atomic mass is 10.1. The number of carbonyl (C=O) groups is 1. The smallest absolute Gasteiger partial charge is 0.236 e. The average Bonchev–Trinajstić information content (AvgIpc) is 3.12. The van der Waals surface area contributed by atoms with Crippen LogP contribution in [0.3, 0.4) is 0 Å². The lowest BCUT2D eigenvalue weighted by Crippen LogP contribution is -2.42. The molecule has 1 aliphatic heterocycles. The second kappa shape index (κ2) is 7.88. The number of nitrogens with zero attached hydrogens (tertiary/aromatic N) is 2. The number of hydrogen-bond acceptors (Lipinski definition) is 2. The van der Waals surface area contributed by atoms with Gasteiger partial charge in [0.15, 0.2) is 0 Å². The van der Waals surface area contributed by atoms with E-state index < -0.39 is 0 Å². The molecule has 110 valence electrons. The molecule has 0 spiro atoms. The molecule has 1 saturated heterocycles. The van der Waals surface area contributed by atoms with Gasteiger partial charge < -0.3 is 4.90 Å². The predicted molar refractivity (Wildman–Crippen MR) is 79.1 cm³/mol. The molecule has 0 bridgehead atoms. The summed E-state index contributed by atoms with van der Waals surface area (Å²) in [5.41, 5.74) is 0. The van der Waals surface area contributed by atoms with Gasteiger partial charge in [-0.05, 0) is 44.6 Å². The fraction of sp³-hybridized carbons (Fsp3) is 0.938. The van der Waals surface area contributed by atoms with Crippen LogP contribution < -0.4 is 0 Å². The Hall–Kier alpha value is -0.570. The molecule has 0 unspecified atom stereocenters. The third-order valence-electron chi connectivity index (χ3n) is 4.32. The van der Waals surface area contributed by atoms with Gasteiger partial charge in [0, 0.05) is 19.6 Å². The van der Waals surface area contributed by atoms with E-state index in [1.54, 1.807) is 0 Å². The SMILES string of the molecule is CCCN(CC(=O)N1CCCCCCC1)CC1CC1. The van der Waals surface area contributed by atoms with Crippen molar-refractivity contribution < 1.29 is 4.79 Å². The zero-order chi connectivity index (χ0) is 13.5. The Morgan fingerprint density at radius 2 is 1.74 bits per heavy atom. The number of likely N-dealkylation sites (tertiary alicyclic amines) is 1. The van der Waals surface area contributed by atoms with Crippen molar-refractivity contribution in [3.8, 4) is 0 Å². The first-order chi connectivity index (χ1) is 9.29. The van der Waals surface area contributed by atoms with E-state index in [1.807, 2.05) is 0 Å². The minimum absolute atomic E-state index is 0.371. The molecule has 3 nitrogen and oxygen atoms in total. The van der Waals surface area contributed by atoms with E-state index >= 15 is 0 Å². The van der Waals surface area contributed by atoms with E-state index in [9.17, 15) is 4.79 Å². The van der Waals surface area contributed by atoms with E-state index in [2.05, 4.69) is 16.7 Å². The van der Waals surface area contributed by atoms with Crippen LogP contribution in [-0.4, -0.2) is 48.4 Å². The van der Waals surface area contributed by atoms with Crippen LogP contribution in [0.25, 0.3) is 0 Å². The van der Waals surface area contributed by atoms with Crippen molar-refractivity contribution in [1.29, 1.82) is 0 Å². The number of hydrogen-bond donors (Lipinski definition) is 0. The van der Waals surface area contributed by atoms with E-state index in [0.29, 0.717) is 12.5 Å². The Bertz CT molecular complexity index is 268. The van der Waals surface area contributed by atoms with Gasteiger partial charge in [0.1, 0.15) is 0 Å². The quantitative estimate of drug-likeness (QED) is 0.738. The van der Waals surface area contributed by atoms with Gasteiger partial charge in [-0.3, -0.25) is 9.69 Å². The molecule has 19 heavy (non-hydrogen) atoms. The molecule has 0 radical (unpaired) electrons. The second-order valence-electron chi connectivity index (χ2n) is 6.33. The van der Waals surface area contributed by atoms with E-state index in [-0.39, 0.29) is 0 Å². The number of rotatable bonds is 6. The van der Waals surface area contributed by atoms with Gasteiger partial charge in [0.2, 0.25) is 5.91 Å². The maximum absolute atomic E-state index is 12.4. The molecule has 0 atom stereocenters. The summed E-state index contributed by atoms with van der Waals surface area (Å²) in [6, 6.07) is 0. The normalized spacial score (nSPS) is 21.3. The average molecular weight is 266 g/mol. The number of amides is 1. The first-order valence-corrected chi connectivity index (χ1v) is 8.29. The minimum Gasteiger partial charge on any atom is -0.342 e. The van der Waals surface area contributed by atoms with Crippen molar-refractivity contribution in [2.45, 2.75) is 58.3 Å². The van der Waals surface area contributed by atoms with Gasteiger partial charge in [0.25, 0.3) is 0 Å². The first kappa shape index (κ1) is 14.8. The molecule has 1 saturated carbocycles. The molecule has 0 N–H and O–H groups in total. The molecular weight excluding hydrogens is 236 g/mol. The summed E-state index contributed by atoms with van der Waals surface area (Å²) >= 11 is 0. The van der Waals surface area contributed by atoms with Gasteiger partial charge in [-0.1, -0.05) is 26.2 Å². The lowest BCUT2D eigenvalue weighted by molar-refractivity contribution is -0.132. The molecule has 1 aliphatic carbocycles. The van der Waals surface area contributed by atoms with Gasteiger partial charge in [-0.15, -0.1) is 0 Å². The standard InChI is InChI=1S/C16H30N2O/c1-2-10-17(13-15-8-9-15)14-16(19)18-11-6-4-3-5-7-12-18/h15H,2-14H2,1H3. The second-order valence-corrected chi connectivity index (χ2v) is 6.33. The molecule has 2 rings (SSSR count). The van der Waals surface area contributed by atoms with Gasteiger partial charge in [-0.25, -0.2) is 0 Å². The Morgan fingerprint density at radius 1 is 1.11 bits per heavy atom. The Morgan fingerprint density at radius 3 is 2.32 bits per heavy atom.